The lowest BCUT2D eigenvalue weighted by molar-refractivity contribution is 0.102. The van der Waals surface area contributed by atoms with Gasteiger partial charge in [-0.15, -0.1) is 16.9 Å². The lowest BCUT2D eigenvalue weighted by Gasteiger charge is -2.13. The van der Waals surface area contributed by atoms with Crippen molar-refractivity contribution >= 4 is 23.7 Å². The van der Waals surface area contributed by atoms with Gasteiger partial charge in [-0.3, -0.25) is 10.1 Å². The summed E-state index contributed by atoms with van der Waals surface area (Å²) in [5.41, 5.74) is 3.03. The molecule has 0 spiro atoms. The number of carbonyl (C=O) groups is 1. The maximum Gasteiger partial charge on any atom is 0.322 e. The molecule has 1 heterocycles. The molecular weight excluding hydrogens is 298 g/mol. The van der Waals surface area contributed by atoms with Gasteiger partial charge in [0.25, 0.3) is 5.91 Å². The fourth-order valence-electron chi connectivity index (χ4n) is 2.46. The first-order valence-corrected chi connectivity index (χ1v) is 8.11. The van der Waals surface area contributed by atoms with Crippen LogP contribution in [-0.4, -0.2) is 22.4 Å². The van der Waals surface area contributed by atoms with E-state index in [0.29, 0.717) is 17.4 Å². The summed E-state index contributed by atoms with van der Waals surface area (Å²) in [5, 5.41) is 10.1. The quantitative estimate of drug-likeness (QED) is 0.856. The number of rotatable bonds is 4. The van der Waals surface area contributed by atoms with Crippen LogP contribution in [0.5, 0.6) is 0 Å². The Morgan fingerprint density at radius 3 is 2.59 bits per heavy atom. The minimum absolute atomic E-state index is 0. The Bertz CT molecular complexity index is 693. The van der Waals surface area contributed by atoms with Gasteiger partial charge in [-0.05, 0) is 49.1 Å². The van der Waals surface area contributed by atoms with Gasteiger partial charge in [0.1, 0.15) is 0 Å². The highest BCUT2D eigenvalue weighted by Crippen LogP contribution is 2.45. The number of benzene rings is 1. The summed E-state index contributed by atoms with van der Waals surface area (Å²) in [6, 6.07) is 4.10. The van der Waals surface area contributed by atoms with Crippen LogP contribution in [0.3, 0.4) is 0 Å². The van der Waals surface area contributed by atoms with Crippen LogP contribution in [0.4, 0.5) is 6.01 Å². The molecule has 22 heavy (non-hydrogen) atoms. The van der Waals surface area contributed by atoms with Gasteiger partial charge < -0.3 is 4.42 Å². The van der Waals surface area contributed by atoms with Crippen LogP contribution in [0.25, 0.3) is 0 Å². The number of nitrogens with one attached hydrogen (secondary N) is 1. The first-order valence-electron chi connectivity index (χ1n) is 6.89. The average Bonchev–Trinajstić information content (AvgIpc) is 3.22. The Morgan fingerprint density at radius 1 is 1.32 bits per heavy atom. The highest BCUT2D eigenvalue weighted by atomic mass is 32.2. The van der Waals surface area contributed by atoms with Crippen LogP contribution >= 0.6 is 11.8 Å². The smallest absolute Gasteiger partial charge is 0.322 e. The number of anilines is 1. The van der Waals surface area contributed by atoms with Crippen LogP contribution < -0.4 is 5.32 Å². The molecule has 2 aromatic rings. The zero-order chi connectivity index (χ0) is 15.0. The Labute approximate surface area is 134 Å². The van der Waals surface area contributed by atoms with Crippen molar-refractivity contribution in [3.63, 3.8) is 0 Å². The SMILES string of the molecule is C.CSc1c(C2CC2)ccc(C(=O)Nc2nnc(C)o2)c1C. The average molecular weight is 319 g/mol. The third kappa shape index (κ3) is 3.16. The first kappa shape index (κ1) is 16.5. The van der Waals surface area contributed by atoms with E-state index in [1.54, 1.807) is 18.7 Å². The van der Waals surface area contributed by atoms with E-state index in [2.05, 4.69) is 27.8 Å². The topological polar surface area (TPSA) is 68.0 Å². The molecule has 0 bridgehead atoms. The van der Waals surface area contributed by atoms with E-state index in [1.807, 2.05) is 13.0 Å². The molecule has 1 aliphatic carbocycles. The largest absolute Gasteiger partial charge is 0.408 e. The summed E-state index contributed by atoms with van der Waals surface area (Å²) in [7, 11) is 0. The van der Waals surface area contributed by atoms with Crippen molar-refractivity contribution in [3.05, 3.63) is 34.7 Å². The fourth-order valence-corrected chi connectivity index (χ4v) is 3.34. The summed E-state index contributed by atoms with van der Waals surface area (Å²) in [4.78, 5) is 13.6. The summed E-state index contributed by atoms with van der Waals surface area (Å²) in [6.45, 7) is 3.68. The van der Waals surface area contributed by atoms with Crippen molar-refractivity contribution in [1.82, 2.24) is 10.2 Å². The van der Waals surface area contributed by atoms with E-state index in [9.17, 15) is 4.79 Å². The predicted octanol–water partition coefficient (Wildman–Crippen LogP) is 4.17. The second-order valence-electron chi connectivity index (χ2n) is 5.22. The van der Waals surface area contributed by atoms with Crippen LogP contribution in [0.15, 0.2) is 21.4 Å². The molecule has 1 N–H and O–H groups in total. The third-order valence-electron chi connectivity index (χ3n) is 3.65. The van der Waals surface area contributed by atoms with Gasteiger partial charge >= 0.3 is 6.01 Å². The minimum Gasteiger partial charge on any atom is -0.408 e. The molecule has 0 aliphatic heterocycles. The monoisotopic (exact) mass is 319 g/mol. The summed E-state index contributed by atoms with van der Waals surface area (Å²) in [5.74, 6) is 0.881. The molecule has 1 saturated carbocycles. The number of hydrogen-bond donors (Lipinski definition) is 1. The van der Waals surface area contributed by atoms with E-state index in [0.717, 1.165) is 5.56 Å². The highest BCUT2D eigenvalue weighted by Gasteiger charge is 2.28. The van der Waals surface area contributed by atoms with Gasteiger partial charge in [-0.25, -0.2) is 0 Å². The number of nitrogens with zero attached hydrogens (tertiary/aromatic N) is 2. The Balaban J connectivity index is 0.00000176. The highest BCUT2D eigenvalue weighted by molar-refractivity contribution is 7.98. The Kier molecular flexibility index (Phi) is 4.90. The molecule has 6 heteroatoms. The van der Waals surface area contributed by atoms with Crippen molar-refractivity contribution in [1.29, 1.82) is 0 Å². The molecule has 0 radical (unpaired) electrons. The minimum atomic E-state index is -0.214. The van der Waals surface area contributed by atoms with E-state index < -0.39 is 0 Å². The van der Waals surface area contributed by atoms with Crippen LogP contribution in [0, 0.1) is 13.8 Å². The van der Waals surface area contributed by atoms with Gasteiger partial charge in [-0.1, -0.05) is 18.6 Å². The molecule has 3 rings (SSSR count). The van der Waals surface area contributed by atoms with E-state index in [4.69, 9.17) is 4.42 Å². The summed E-state index contributed by atoms with van der Waals surface area (Å²) < 4.78 is 5.18. The number of amides is 1. The van der Waals surface area contributed by atoms with E-state index >= 15 is 0 Å². The number of carbonyl (C=O) groups excluding carboxylic acids is 1. The molecule has 1 aromatic heterocycles. The van der Waals surface area contributed by atoms with Gasteiger partial charge in [0.2, 0.25) is 5.89 Å². The molecule has 1 amide bonds. The van der Waals surface area contributed by atoms with E-state index in [1.165, 1.54) is 23.3 Å². The molecule has 1 fully saturated rings. The predicted molar refractivity (Wildman–Crippen MR) is 88.7 cm³/mol. The van der Waals surface area contributed by atoms with Gasteiger partial charge in [0.05, 0.1) is 0 Å². The summed E-state index contributed by atoms with van der Waals surface area (Å²) >= 11 is 1.70. The molecule has 0 saturated heterocycles. The van der Waals surface area contributed by atoms with E-state index in [-0.39, 0.29) is 19.3 Å². The molecule has 1 aliphatic rings. The van der Waals surface area contributed by atoms with Crippen molar-refractivity contribution in [2.45, 2.75) is 44.9 Å². The second kappa shape index (κ2) is 6.52. The van der Waals surface area contributed by atoms with Crippen molar-refractivity contribution in [2.24, 2.45) is 0 Å². The number of hydrogen-bond acceptors (Lipinski definition) is 5. The number of aryl methyl sites for hydroxylation is 1. The van der Waals surface area contributed by atoms with Crippen molar-refractivity contribution in [2.75, 3.05) is 11.6 Å². The lowest BCUT2D eigenvalue weighted by Crippen LogP contribution is -2.14. The van der Waals surface area contributed by atoms with Crippen LogP contribution in [-0.2, 0) is 0 Å². The van der Waals surface area contributed by atoms with Gasteiger partial charge in [0.15, 0.2) is 0 Å². The second-order valence-corrected chi connectivity index (χ2v) is 6.03. The maximum atomic E-state index is 12.4. The van der Waals surface area contributed by atoms with Crippen LogP contribution in [0.2, 0.25) is 0 Å². The molecular formula is C16H21N3O2S. The Morgan fingerprint density at radius 2 is 2.05 bits per heavy atom. The van der Waals surface area contributed by atoms with Gasteiger partial charge in [0, 0.05) is 17.4 Å². The Hall–Kier alpha value is -1.82. The number of aromatic nitrogens is 2. The fraction of sp³-hybridized carbons (Fsp3) is 0.438. The van der Waals surface area contributed by atoms with Crippen molar-refractivity contribution in [3.8, 4) is 0 Å². The summed E-state index contributed by atoms with van der Waals surface area (Å²) in [6.07, 6.45) is 4.55. The van der Waals surface area contributed by atoms with Crippen LogP contribution in [0.1, 0.15) is 53.6 Å². The molecule has 0 atom stereocenters. The maximum absolute atomic E-state index is 12.4. The zero-order valence-electron chi connectivity index (χ0n) is 12.3. The molecule has 5 nitrogen and oxygen atoms in total. The molecule has 118 valence electrons. The zero-order valence-corrected chi connectivity index (χ0v) is 13.1. The third-order valence-corrected chi connectivity index (χ3v) is 4.60. The normalized spacial score (nSPS) is 13.6. The standard InChI is InChI=1S/C15H17N3O2S.CH4/c1-8-11(14(19)16-15-18-17-9(2)20-15)6-7-12(10-4-5-10)13(8)21-3;/h6-7,10H,4-5H2,1-3H3,(H,16,18,19);1H4. The van der Waals surface area contributed by atoms with Gasteiger partial charge in [-0.2, -0.15) is 0 Å². The molecule has 1 aromatic carbocycles. The number of thioether (sulfide) groups is 1. The van der Waals surface area contributed by atoms with Crippen molar-refractivity contribution < 1.29 is 9.21 Å². The molecule has 0 unspecified atom stereocenters. The first-order chi connectivity index (χ1) is 10.1. The lowest BCUT2D eigenvalue weighted by atomic mass is 10.0.